The number of ether oxygens (including phenoxy) is 5. The minimum Gasteiger partial charge on any atom is -0.463 e. The first-order valence-corrected chi connectivity index (χ1v) is 12.5. The predicted molar refractivity (Wildman–Crippen MR) is 129 cm³/mol. The molecule has 0 bridgehead atoms. The Kier molecular flexibility index (Phi) is 14.2. The fourth-order valence-electron chi connectivity index (χ4n) is 3.62. The molecule has 0 spiro atoms. The van der Waals surface area contributed by atoms with Crippen molar-refractivity contribution in [1.29, 1.82) is 0 Å². The minimum absolute atomic E-state index is 0.0139. The summed E-state index contributed by atoms with van der Waals surface area (Å²) in [6.07, 6.45) is 3.80. The molecule has 1 aliphatic rings. The van der Waals surface area contributed by atoms with Gasteiger partial charge in [0.2, 0.25) is 0 Å². The van der Waals surface area contributed by atoms with E-state index in [0.29, 0.717) is 57.4 Å². The summed E-state index contributed by atoms with van der Waals surface area (Å²) in [7, 11) is 0. The molecule has 2 rings (SSSR count). The molecule has 1 heterocycles. The molecule has 1 unspecified atom stereocenters. The van der Waals surface area contributed by atoms with Crippen LogP contribution in [0.3, 0.4) is 0 Å². The zero-order valence-electron chi connectivity index (χ0n) is 21.0. The van der Waals surface area contributed by atoms with E-state index in [9.17, 15) is 14.4 Å². The van der Waals surface area contributed by atoms with Crippen LogP contribution < -0.4 is 0 Å². The summed E-state index contributed by atoms with van der Waals surface area (Å²) in [6, 6.07) is 6.81. The quantitative estimate of drug-likeness (QED) is 0.155. The lowest BCUT2D eigenvalue weighted by atomic mass is 10.00. The van der Waals surface area contributed by atoms with E-state index < -0.39 is 0 Å². The number of imide groups is 1. The Hall–Kier alpha value is -2.33. The summed E-state index contributed by atoms with van der Waals surface area (Å²) in [4.78, 5) is 37.7. The first-order valence-electron chi connectivity index (χ1n) is 12.5. The average molecular weight is 494 g/mol. The van der Waals surface area contributed by atoms with Crippen molar-refractivity contribution in [3.8, 4) is 0 Å². The van der Waals surface area contributed by atoms with Gasteiger partial charge in [0.25, 0.3) is 11.8 Å². The lowest BCUT2D eigenvalue weighted by Gasteiger charge is -2.14. The van der Waals surface area contributed by atoms with Gasteiger partial charge in [-0.1, -0.05) is 38.8 Å². The lowest BCUT2D eigenvalue weighted by molar-refractivity contribution is -0.150. The molecule has 1 aromatic rings. The van der Waals surface area contributed by atoms with Crippen LogP contribution in [-0.2, 0) is 28.5 Å². The molecule has 1 atom stereocenters. The number of nitrogens with zero attached hydrogens (tertiary/aromatic N) is 1. The average Bonchev–Trinajstić information content (AvgIpc) is 3.11. The number of amides is 2. The Bertz CT molecular complexity index is 749. The fraction of sp³-hybridized carbons (Fsp3) is 0.654. The van der Waals surface area contributed by atoms with Crippen molar-refractivity contribution in [2.24, 2.45) is 5.92 Å². The Morgan fingerprint density at radius 1 is 0.771 bits per heavy atom. The maximum absolute atomic E-state index is 12.2. The van der Waals surface area contributed by atoms with E-state index >= 15 is 0 Å². The van der Waals surface area contributed by atoms with Crippen molar-refractivity contribution in [2.75, 3.05) is 66.0 Å². The van der Waals surface area contributed by atoms with Crippen LogP contribution in [0.4, 0.5) is 0 Å². The van der Waals surface area contributed by atoms with Gasteiger partial charge in [0.05, 0.1) is 76.4 Å². The summed E-state index contributed by atoms with van der Waals surface area (Å²) in [5.74, 6) is -0.703. The third kappa shape index (κ3) is 10.0. The number of carbonyl (C=O) groups excluding carboxylic acids is 3. The third-order valence-corrected chi connectivity index (χ3v) is 5.66. The van der Waals surface area contributed by atoms with E-state index in [1.165, 1.54) is 4.90 Å². The van der Waals surface area contributed by atoms with Gasteiger partial charge < -0.3 is 23.7 Å². The smallest absolute Gasteiger partial charge is 0.308 e. The Morgan fingerprint density at radius 3 is 1.74 bits per heavy atom. The van der Waals surface area contributed by atoms with Gasteiger partial charge >= 0.3 is 5.97 Å². The van der Waals surface area contributed by atoms with E-state index in [4.69, 9.17) is 23.7 Å². The van der Waals surface area contributed by atoms with Gasteiger partial charge in [-0.05, 0) is 25.0 Å². The van der Waals surface area contributed by atoms with E-state index in [1.807, 2.05) is 6.92 Å². The summed E-state index contributed by atoms with van der Waals surface area (Å²) in [5, 5.41) is 0. The zero-order chi connectivity index (χ0) is 25.3. The fourth-order valence-corrected chi connectivity index (χ4v) is 3.62. The Morgan fingerprint density at radius 2 is 1.26 bits per heavy atom. The molecule has 0 N–H and O–H groups in total. The number of esters is 1. The highest BCUT2D eigenvalue weighted by atomic mass is 16.6. The Labute approximate surface area is 208 Å². The van der Waals surface area contributed by atoms with Crippen LogP contribution in [-0.4, -0.2) is 88.7 Å². The van der Waals surface area contributed by atoms with E-state index in [-0.39, 0.29) is 43.5 Å². The molecule has 1 aliphatic heterocycles. The molecule has 35 heavy (non-hydrogen) atoms. The monoisotopic (exact) mass is 493 g/mol. The van der Waals surface area contributed by atoms with E-state index in [0.717, 1.165) is 25.7 Å². The molecule has 0 saturated carbocycles. The van der Waals surface area contributed by atoms with Gasteiger partial charge in [-0.25, -0.2) is 0 Å². The van der Waals surface area contributed by atoms with Crippen LogP contribution in [0.5, 0.6) is 0 Å². The number of hydrogen-bond donors (Lipinski definition) is 0. The van der Waals surface area contributed by atoms with Gasteiger partial charge in [0.1, 0.15) is 6.61 Å². The van der Waals surface area contributed by atoms with Gasteiger partial charge in [-0.2, -0.15) is 0 Å². The molecule has 0 aliphatic carbocycles. The molecule has 0 aromatic heterocycles. The minimum atomic E-state index is -0.278. The molecular formula is C26H39NO8. The molecule has 1 aromatic carbocycles. The summed E-state index contributed by atoms with van der Waals surface area (Å²) in [5.41, 5.74) is 0.884. The van der Waals surface area contributed by atoms with Crippen LogP contribution in [0.1, 0.15) is 60.2 Å². The van der Waals surface area contributed by atoms with Crippen LogP contribution in [0.25, 0.3) is 0 Å². The number of carbonyl (C=O) groups is 3. The third-order valence-electron chi connectivity index (χ3n) is 5.66. The molecule has 9 heteroatoms. The normalized spacial score (nSPS) is 13.8. The topological polar surface area (TPSA) is 101 Å². The molecule has 2 amide bonds. The van der Waals surface area contributed by atoms with Crippen LogP contribution in [0, 0.1) is 5.92 Å². The van der Waals surface area contributed by atoms with E-state index in [2.05, 4.69) is 6.92 Å². The zero-order valence-corrected chi connectivity index (χ0v) is 21.0. The molecule has 0 fully saturated rings. The van der Waals surface area contributed by atoms with Crippen LogP contribution in [0.2, 0.25) is 0 Å². The lowest BCUT2D eigenvalue weighted by Crippen LogP contribution is -2.33. The number of rotatable bonds is 20. The van der Waals surface area contributed by atoms with Crippen molar-refractivity contribution in [3.05, 3.63) is 35.4 Å². The highest BCUT2D eigenvalue weighted by molar-refractivity contribution is 6.21. The molecular weight excluding hydrogens is 454 g/mol. The second-order valence-corrected chi connectivity index (χ2v) is 8.17. The van der Waals surface area contributed by atoms with Crippen molar-refractivity contribution in [1.82, 2.24) is 4.90 Å². The number of hydrogen-bond acceptors (Lipinski definition) is 8. The van der Waals surface area contributed by atoms with Gasteiger partial charge in [-0.3, -0.25) is 19.3 Å². The first-order chi connectivity index (χ1) is 17.1. The van der Waals surface area contributed by atoms with Crippen molar-refractivity contribution in [2.45, 2.75) is 39.5 Å². The Balaban J connectivity index is 1.36. The highest BCUT2D eigenvalue weighted by Gasteiger charge is 2.34. The van der Waals surface area contributed by atoms with Crippen LogP contribution in [0.15, 0.2) is 24.3 Å². The summed E-state index contributed by atoms with van der Waals surface area (Å²) in [6.45, 7) is 7.68. The first kappa shape index (κ1) is 28.9. The second kappa shape index (κ2) is 17.2. The molecule has 0 radical (unpaired) electrons. The van der Waals surface area contributed by atoms with Crippen molar-refractivity contribution >= 4 is 17.8 Å². The second-order valence-electron chi connectivity index (χ2n) is 8.17. The number of benzene rings is 1. The SMILES string of the molecule is CCCCC(CC)C(=O)OCCOCCOCCOCCOCCN1C(=O)c2ccccc2C1=O. The van der Waals surface area contributed by atoms with Crippen LogP contribution >= 0.6 is 0 Å². The number of unbranched alkanes of at least 4 members (excludes halogenated alkanes) is 1. The highest BCUT2D eigenvalue weighted by Crippen LogP contribution is 2.21. The summed E-state index contributed by atoms with van der Waals surface area (Å²) >= 11 is 0. The maximum atomic E-state index is 12.2. The number of fused-ring (bicyclic) bond motifs is 1. The standard InChI is InChI=1S/C26H39NO8/c1-3-5-8-21(4-2)26(30)35-20-19-34-18-17-33-16-15-32-14-13-31-12-11-27-24(28)22-9-6-7-10-23(22)25(27)29/h6-7,9-10,21H,3-5,8,11-20H2,1-2H3. The van der Waals surface area contributed by atoms with Gasteiger partial charge in [-0.15, -0.1) is 0 Å². The van der Waals surface area contributed by atoms with E-state index in [1.54, 1.807) is 24.3 Å². The van der Waals surface area contributed by atoms with Gasteiger partial charge in [0, 0.05) is 0 Å². The van der Waals surface area contributed by atoms with Crippen molar-refractivity contribution < 1.29 is 38.1 Å². The largest absolute Gasteiger partial charge is 0.463 e. The predicted octanol–water partition coefficient (Wildman–Crippen LogP) is 3.11. The molecule has 196 valence electrons. The summed E-state index contributed by atoms with van der Waals surface area (Å²) < 4.78 is 27.0. The molecule has 9 nitrogen and oxygen atoms in total. The molecule has 0 saturated heterocycles. The maximum Gasteiger partial charge on any atom is 0.308 e. The van der Waals surface area contributed by atoms with Gasteiger partial charge in [0.15, 0.2) is 0 Å². The van der Waals surface area contributed by atoms with Crippen molar-refractivity contribution in [3.63, 3.8) is 0 Å².